The van der Waals surface area contributed by atoms with E-state index >= 15 is 0 Å². The molecule has 2 heteroatoms. The second-order valence-electron chi connectivity index (χ2n) is 10.6. The van der Waals surface area contributed by atoms with Crippen LogP contribution in [0.4, 0.5) is 0 Å². The van der Waals surface area contributed by atoms with Gasteiger partial charge in [0, 0.05) is 22.3 Å². The van der Waals surface area contributed by atoms with E-state index in [1.807, 2.05) is 0 Å². The highest BCUT2D eigenvalue weighted by Crippen LogP contribution is 2.50. The van der Waals surface area contributed by atoms with Gasteiger partial charge in [0.05, 0.1) is 11.4 Å². The molecule has 7 aromatic carbocycles. The van der Waals surface area contributed by atoms with E-state index in [0.29, 0.717) is 0 Å². The number of nitrogens with zero attached hydrogens (tertiary/aromatic N) is 2. The Morgan fingerprint density at radius 3 is 1.88 bits per heavy atom. The summed E-state index contributed by atoms with van der Waals surface area (Å²) in [7, 11) is 0. The maximum Gasteiger partial charge on any atom is 0.160 e. The van der Waals surface area contributed by atoms with Crippen molar-refractivity contribution in [1.29, 1.82) is 0 Å². The van der Waals surface area contributed by atoms with Crippen molar-refractivity contribution in [2.24, 2.45) is 0 Å². The van der Waals surface area contributed by atoms with Crippen LogP contribution in [0.25, 0.3) is 88.1 Å². The molecule has 1 aliphatic rings. The van der Waals surface area contributed by atoms with E-state index in [9.17, 15) is 0 Å². The van der Waals surface area contributed by atoms with Crippen LogP contribution in [0.5, 0.6) is 0 Å². The third-order valence-electron chi connectivity index (χ3n) is 8.39. The molecule has 0 fully saturated rings. The molecule has 0 atom stereocenters. The molecule has 0 saturated heterocycles. The molecule has 0 spiro atoms. The fourth-order valence-corrected chi connectivity index (χ4v) is 6.55. The Bertz CT molecular complexity index is 2310. The topological polar surface area (TPSA) is 25.8 Å². The molecule has 0 aliphatic heterocycles. The van der Waals surface area contributed by atoms with Crippen LogP contribution in [-0.4, -0.2) is 9.97 Å². The van der Waals surface area contributed by atoms with Crippen molar-refractivity contribution < 1.29 is 0 Å². The predicted molar refractivity (Wildman–Crippen MR) is 167 cm³/mol. The van der Waals surface area contributed by atoms with Gasteiger partial charge in [-0.2, -0.15) is 0 Å². The number of benzene rings is 7. The molecule has 0 saturated carbocycles. The third-order valence-corrected chi connectivity index (χ3v) is 8.39. The van der Waals surface area contributed by atoms with Crippen LogP contribution in [0.15, 0.2) is 133 Å². The van der Waals surface area contributed by atoms with Crippen molar-refractivity contribution in [3.05, 3.63) is 133 Å². The van der Waals surface area contributed by atoms with Crippen LogP contribution in [-0.2, 0) is 0 Å². The molecule has 40 heavy (non-hydrogen) atoms. The summed E-state index contributed by atoms with van der Waals surface area (Å²) in [5.74, 6) is 0.752. The van der Waals surface area contributed by atoms with Crippen molar-refractivity contribution in [3.8, 4) is 45.0 Å². The van der Waals surface area contributed by atoms with Gasteiger partial charge >= 0.3 is 0 Å². The quantitative estimate of drug-likeness (QED) is 0.218. The first-order chi connectivity index (χ1) is 19.8. The fraction of sp³-hybridized carbons (Fsp3) is 0. The van der Waals surface area contributed by atoms with Crippen molar-refractivity contribution >= 4 is 43.1 Å². The SMILES string of the molecule is c1ccc(-c2nc(-c3ccc4ccc5c6ccccc6ccc5c4c3)nc3c2-c2cccc4cccc-3c24)cc1. The van der Waals surface area contributed by atoms with Crippen LogP contribution < -0.4 is 0 Å². The summed E-state index contributed by atoms with van der Waals surface area (Å²) in [4.78, 5) is 10.6. The van der Waals surface area contributed by atoms with Crippen LogP contribution in [0, 0.1) is 0 Å². The summed E-state index contributed by atoms with van der Waals surface area (Å²) in [5, 5.41) is 9.99. The lowest BCUT2D eigenvalue weighted by Gasteiger charge is -2.13. The van der Waals surface area contributed by atoms with Gasteiger partial charge in [-0.25, -0.2) is 9.97 Å². The second kappa shape index (κ2) is 8.08. The highest BCUT2D eigenvalue weighted by Gasteiger charge is 2.28. The first kappa shape index (κ1) is 21.6. The van der Waals surface area contributed by atoms with E-state index < -0.39 is 0 Å². The zero-order valence-electron chi connectivity index (χ0n) is 21.6. The molecular formula is C38H22N2. The largest absolute Gasteiger partial charge is 0.227 e. The monoisotopic (exact) mass is 506 g/mol. The van der Waals surface area contributed by atoms with Gasteiger partial charge < -0.3 is 0 Å². The van der Waals surface area contributed by atoms with E-state index in [0.717, 1.165) is 33.9 Å². The van der Waals surface area contributed by atoms with E-state index in [-0.39, 0.29) is 0 Å². The summed E-state index contributed by atoms with van der Waals surface area (Å²) in [6.07, 6.45) is 0. The minimum Gasteiger partial charge on any atom is -0.227 e. The maximum absolute atomic E-state index is 5.28. The molecular weight excluding hydrogens is 484 g/mol. The molecule has 0 bridgehead atoms. The van der Waals surface area contributed by atoms with Gasteiger partial charge in [0.1, 0.15) is 0 Å². The molecule has 184 valence electrons. The highest BCUT2D eigenvalue weighted by molar-refractivity contribution is 6.18. The Labute approximate surface area is 231 Å². The fourth-order valence-electron chi connectivity index (χ4n) is 6.55. The number of fused-ring (bicyclic) bond motifs is 8. The van der Waals surface area contributed by atoms with E-state index in [1.54, 1.807) is 0 Å². The Balaban J connectivity index is 1.34. The summed E-state index contributed by atoms with van der Waals surface area (Å²) in [6, 6.07) is 47.7. The van der Waals surface area contributed by atoms with Crippen LogP contribution in [0.2, 0.25) is 0 Å². The normalized spacial score (nSPS) is 12.0. The second-order valence-corrected chi connectivity index (χ2v) is 10.6. The smallest absolute Gasteiger partial charge is 0.160 e. The molecule has 1 aromatic heterocycles. The average Bonchev–Trinajstić information content (AvgIpc) is 3.35. The van der Waals surface area contributed by atoms with Crippen LogP contribution >= 0.6 is 0 Å². The lowest BCUT2D eigenvalue weighted by atomic mass is 9.95. The van der Waals surface area contributed by atoms with Gasteiger partial charge in [-0.1, -0.05) is 127 Å². The zero-order chi connectivity index (χ0) is 26.2. The third kappa shape index (κ3) is 2.99. The molecule has 1 heterocycles. The Kier molecular flexibility index (Phi) is 4.36. The van der Waals surface area contributed by atoms with Crippen LogP contribution in [0.1, 0.15) is 0 Å². The maximum atomic E-state index is 5.28. The molecule has 8 aromatic rings. The lowest BCUT2D eigenvalue weighted by molar-refractivity contribution is 1.19. The molecule has 1 aliphatic carbocycles. The standard InChI is InChI=1S/C38H22N2/c1-2-9-26(10-3-1)36-35-31-14-6-11-25-12-7-15-32(34(25)31)37(35)40-38(39-36)27-17-16-24-19-20-29-28-13-5-4-8-23(28)18-21-30(29)33(24)22-27/h1-22H. The first-order valence-electron chi connectivity index (χ1n) is 13.7. The minimum atomic E-state index is 0.752. The van der Waals surface area contributed by atoms with E-state index in [2.05, 4.69) is 133 Å². The summed E-state index contributed by atoms with van der Waals surface area (Å²) < 4.78 is 0. The molecule has 0 N–H and O–H groups in total. The van der Waals surface area contributed by atoms with Crippen molar-refractivity contribution in [2.75, 3.05) is 0 Å². The van der Waals surface area contributed by atoms with E-state index in [1.165, 1.54) is 54.2 Å². The summed E-state index contributed by atoms with van der Waals surface area (Å²) >= 11 is 0. The first-order valence-corrected chi connectivity index (χ1v) is 13.7. The Morgan fingerprint density at radius 1 is 0.375 bits per heavy atom. The number of rotatable bonds is 2. The van der Waals surface area contributed by atoms with Gasteiger partial charge in [0.25, 0.3) is 0 Å². The van der Waals surface area contributed by atoms with Crippen molar-refractivity contribution in [2.45, 2.75) is 0 Å². The van der Waals surface area contributed by atoms with Gasteiger partial charge in [0.15, 0.2) is 5.82 Å². The molecule has 2 nitrogen and oxygen atoms in total. The van der Waals surface area contributed by atoms with Gasteiger partial charge in [0.2, 0.25) is 0 Å². The van der Waals surface area contributed by atoms with E-state index in [4.69, 9.17) is 9.97 Å². The van der Waals surface area contributed by atoms with Gasteiger partial charge in [-0.15, -0.1) is 0 Å². The minimum absolute atomic E-state index is 0.752. The highest BCUT2D eigenvalue weighted by atomic mass is 14.9. The predicted octanol–water partition coefficient (Wildman–Crippen LogP) is 10.1. The average molecular weight is 507 g/mol. The van der Waals surface area contributed by atoms with Gasteiger partial charge in [-0.3, -0.25) is 0 Å². The Morgan fingerprint density at radius 2 is 1.02 bits per heavy atom. The molecule has 0 radical (unpaired) electrons. The summed E-state index contributed by atoms with van der Waals surface area (Å²) in [5.41, 5.74) is 7.64. The zero-order valence-corrected chi connectivity index (χ0v) is 21.6. The van der Waals surface area contributed by atoms with Gasteiger partial charge in [-0.05, 0) is 54.7 Å². The van der Waals surface area contributed by atoms with Crippen molar-refractivity contribution in [3.63, 3.8) is 0 Å². The Hall–Kier alpha value is -5.34. The molecule has 0 unspecified atom stereocenters. The van der Waals surface area contributed by atoms with Crippen molar-refractivity contribution in [1.82, 2.24) is 9.97 Å². The van der Waals surface area contributed by atoms with Crippen LogP contribution in [0.3, 0.4) is 0 Å². The number of aromatic nitrogens is 2. The molecule has 0 amide bonds. The number of hydrogen-bond acceptors (Lipinski definition) is 2. The number of hydrogen-bond donors (Lipinski definition) is 0. The molecule has 9 rings (SSSR count). The summed E-state index contributed by atoms with van der Waals surface area (Å²) in [6.45, 7) is 0. The lowest BCUT2D eigenvalue weighted by Crippen LogP contribution is -1.97.